The van der Waals surface area contributed by atoms with Gasteiger partial charge in [-0.1, -0.05) is 30.1 Å². The van der Waals surface area contributed by atoms with E-state index in [1.807, 2.05) is 6.92 Å². The molecule has 9 nitrogen and oxygen atoms in total. The van der Waals surface area contributed by atoms with E-state index in [0.717, 1.165) is 0 Å². The predicted octanol–water partition coefficient (Wildman–Crippen LogP) is 4.49. The summed E-state index contributed by atoms with van der Waals surface area (Å²) in [6, 6.07) is 13.5. The average Bonchev–Trinajstić information content (AvgIpc) is 2.85. The van der Waals surface area contributed by atoms with Gasteiger partial charge in [0.25, 0.3) is 17.7 Å². The molecule has 0 spiro atoms. The van der Waals surface area contributed by atoms with Gasteiger partial charge < -0.3 is 16.0 Å². The first-order chi connectivity index (χ1) is 17.1. The minimum atomic E-state index is -2.97. The highest BCUT2D eigenvalue weighted by atomic mass is 35.5. The third-order valence-electron chi connectivity index (χ3n) is 4.80. The molecule has 0 bridgehead atoms. The molecule has 0 aliphatic rings. The van der Waals surface area contributed by atoms with Gasteiger partial charge >= 0.3 is 0 Å². The molecule has 1 atom stereocenters. The highest BCUT2D eigenvalue weighted by Gasteiger charge is 2.17. The summed E-state index contributed by atoms with van der Waals surface area (Å²) in [4.78, 5) is 41.9. The lowest BCUT2D eigenvalue weighted by Gasteiger charge is -2.12. The van der Waals surface area contributed by atoms with E-state index in [9.17, 15) is 18.6 Å². The van der Waals surface area contributed by atoms with Gasteiger partial charge in [-0.3, -0.25) is 14.4 Å². The number of hydrogen-bond acceptors (Lipinski definition) is 6. The van der Waals surface area contributed by atoms with E-state index in [-0.39, 0.29) is 29.2 Å². The Morgan fingerprint density at radius 2 is 1.64 bits per heavy atom. The average molecular weight is 548 g/mol. The van der Waals surface area contributed by atoms with Crippen LogP contribution in [-0.2, 0) is 14.5 Å². The quantitative estimate of drug-likeness (QED) is 0.381. The molecule has 0 radical (unpaired) electrons. The van der Waals surface area contributed by atoms with Crippen LogP contribution in [0.3, 0.4) is 0 Å². The number of rotatable bonds is 8. The van der Waals surface area contributed by atoms with E-state index in [0.29, 0.717) is 21.5 Å². The van der Waals surface area contributed by atoms with Gasteiger partial charge in [0.1, 0.15) is 5.82 Å². The lowest BCUT2D eigenvalue weighted by atomic mass is 10.1. The van der Waals surface area contributed by atoms with Crippen LogP contribution in [0.25, 0.3) is 0 Å². The molecule has 1 heterocycles. The number of pyridine rings is 1. The number of benzene rings is 2. The number of aromatic nitrogens is 1. The van der Waals surface area contributed by atoms with Crippen LogP contribution in [-0.4, -0.2) is 46.3 Å². The fraction of sp³-hybridized carbons (Fsp3) is 0.167. The molecule has 0 aliphatic heterocycles. The Bertz CT molecular complexity index is 1400. The Morgan fingerprint density at radius 1 is 0.944 bits per heavy atom. The van der Waals surface area contributed by atoms with Crippen molar-refractivity contribution in [2.45, 2.75) is 11.8 Å². The third-order valence-corrected chi connectivity index (χ3v) is 6.96. The Kier molecular flexibility index (Phi) is 9.16. The summed E-state index contributed by atoms with van der Waals surface area (Å²) < 4.78 is 16.7. The zero-order valence-corrected chi connectivity index (χ0v) is 21.7. The lowest BCUT2D eigenvalue weighted by Crippen LogP contribution is -2.22. The van der Waals surface area contributed by atoms with Crippen molar-refractivity contribution in [2.75, 3.05) is 30.0 Å². The summed E-state index contributed by atoms with van der Waals surface area (Å²) in [6.45, 7) is 2.43. The van der Waals surface area contributed by atoms with Crippen molar-refractivity contribution >= 4 is 62.2 Å². The standard InChI is InChI=1S/C24H23Cl2N5O4S/c1-3-27-14-22(32)31-36(2,35)18-8-4-15(5-9-18)23(33)29-20-10-6-16(25)12-19(20)24(34)30-21-11-7-17(26)13-28-21/h4-13,27H,3,14H2,1-2H3,(H,29,33)(H,28,30,34). The largest absolute Gasteiger partial charge is 0.321 e. The minimum absolute atomic E-state index is 0.00704. The number of likely N-dealkylation sites (N-methyl/N-ethyl adjacent to an activating group) is 1. The van der Waals surface area contributed by atoms with Crippen molar-refractivity contribution in [1.82, 2.24) is 10.3 Å². The van der Waals surface area contributed by atoms with Crippen LogP contribution in [0.1, 0.15) is 27.6 Å². The van der Waals surface area contributed by atoms with Crippen molar-refractivity contribution in [3.05, 3.63) is 82.0 Å². The zero-order valence-electron chi connectivity index (χ0n) is 19.4. The maximum atomic E-state index is 12.9. The number of hydrogen-bond donors (Lipinski definition) is 3. The topological polar surface area (TPSA) is 130 Å². The summed E-state index contributed by atoms with van der Waals surface area (Å²) >= 11 is 11.9. The molecule has 12 heteroatoms. The number of nitrogens with one attached hydrogen (secondary N) is 3. The van der Waals surface area contributed by atoms with Crippen LogP contribution in [0, 0.1) is 0 Å². The highest BCUT2D eigenvalue weighted by molar-refractivity contribution is 7.93. The Balaban J connectivity index is 1.78. The van der Waals surface area contributed by atoms with Crippen molar-refractivity contribution in [3.8, 4) is 0 Å². The van der Waals surface area contributed by atoms with E-state index < -0.39 is 27.5 Å². The molecule has 36 heavy (non-hydrogen) atoms. The Labute approximate surface area is 218 Å². The van der Waals surface area contributed by atoms with Crippen LogP contribution in [0.15, 0.2) is 70.1 Å². The van der Waals surface area contributed by atoms with Crippen molar-refractivity contribution in [3.63, 3.8) is 0 Å². The van der Waals surface area contributed by atoms with Crippen molar-refractivity contribution in [2.24, 2.45) is 4.36 Å². The monoisotopic (exact) mass is 547 g/mol. The van der Waals surface area contributed by atoms with Crippen LogP contribution < -0.4 is 16.0 Å². The van der Waals surface area contributed by atoms with Gasteiger partial charge in [-0.25, -0.2) is 9.19 Å². The summed E-state index contributed by atoms with van der Waals surface area (Å²) in [5, 5.41) is 8.87. The number of carbonyl (C=O) groups is 3. The molecular formula is C24H23Cl2N5O4S. The SMILES string of the molecule is CCNCC(=O)N=S(C)(=O)c1ccc(C(=O)Nc2ccc(Cl)cc2C(=O)Nc2ccc(Cl)cn2)cc1. The van der Waals surface area contributed by atoms with Gasteiger partial charge in [-0.2, -0.15) is 4.36 Å². The lowest BCUT2D eigenvalue weighted by molar-refractivity contribution is -0.116. The minimum Gasteiger partial charge on any atom is -0.321 e. The molecule has 3 N–H and O–H groups in total. The number of anilines is 2. The molecule has 0 fully saturated rings. The second-order valence-electron chi connectivity index (χ2n) is 7.55. The number of amides is 3. The molecule has 0 aliphatic carbocycles. The summed E-state index contributed by atoms with van der Waals surface area (Å²) in [5.41, 5.74) is 0.593. The second kappa shape index (κ2) is 12.1. The van der Waals surface area contributed by atoms with Gasteiger partial charge in [0.2, 0.25) is 0 Å². The molecule has 3 aromatic rings. The van der Waals surface area contributed by atoms with Gasteiger partial charge in [-0.15, -0.1) is 0 Å². The van der Waals surface area contributed by atoms with E-state index in [4.69, 9.17) is 23.2 Å². The smallest absolute Gasteiger partial charge is 0.267 e. The summed E-state index contributed by atoms with van der Waals surface area (Å²) in [5.74, 6) is -1.29. The zero-order chi connectivity index (χ0) is 26.3. The first-order valence-corrected chi connectivity index (χ1v) is 13.4. The van der Waals surface area contributed by atoms with Crippen molar-refractivity contribution in [1.29, 1.82) is 0 Å². The summed E-state index contributed by atoms with van der Waals surface area (Å²) in [7, 11) is -2.97. The molecule has 3 amide bonds. The van der Waals surface area contributed by atoms with Crippen LogP contribution in [0.5, 0.6) is 0 Å². The molecule has 0 saturated heterocycles. The Hall–Kier alpha value is -3.31. The van der Waals surface area contributed by atoms with Crippen LogP contribution in [0.4, 0.5) is 11.5 Å². The summed E-state index contributed by atoms with van der Waals surface area (Å²) in [6.07, 6.45) is 2.75. The maximum absolute atomic E-state index is 12.9. The number of nitrogens with zero attached hydrogens (tertiary/aromatic N) is 2. The Morgan fingerprint density at radius 3 is 2.28 bits per heavy atom. The van der Waals surface area contributed by atoms with Gasteiger partial charge in [0.15, 0.2) is 0 Å². The third kappa shape index (κ3) is 7.34. The molecule has 1 aromatic heterocycles. The van der Waals surface area contributed by atoms with E-state index in [1.165, 1.54) is 61.0 Å². The maximum Gasteiger partial charge on any atom is 0.267 e. The first kappa shape index (κ1) is 27.3. The van der Waals surface area contributed by atoms with Crippen molar-refractivity contribution < 1.29 is 18.6 Å². The molecular weight excluding hydrogens is 525 g/mol. The molecule has 1 unspecified atom stereocenters. The van der Waals surface area contributed by atoms with Crippen LogP contribution in [0.2, 0.25) is 10.0 Å². The molecule has 3 rings (SSSR count). The van der Waals surface area contributed by atoms with E-state index >= 15 is 0 Å². The first-order valence-electron chi connectivity index (χ1n) is 10.7. The van der Waals surface area contributed by atoms with Gasteiger partial charge in [0, 0.05) is 27.9 Å². The molecule has 2 aromatic carbocycles. The molecule has 0 saturated carbocycles. The van der Waals surface area contributed by atoms with E-state index in [1.54, 1.807) is 6.07 Å². The predicted molar refractivity (Wildman–Crippen MR) is 141 cm³/mol. The fourth-order valence-electron chi connectivity index (χ4n) is 3.01. The highest BCUT2D eigenvalue weighted by Crippen LogP contribution is 2.23. The fourth-order valence-corrected chi connectivity index (χ4v) is 4.49. The van der Waals surface area contributed by atoms with E-state index in [2.05, 4.69) is 25.3 Å². The van der Waals surface area contributed by atoms with Crippen LogP contribution >= 0.6 is 23.2 Å². The number of carbonyl (C=O) groups excluding carboxylic acids is 3. The normalized spacial score (nSPS) is 12.3. The van der Waals surface area contributed by atoms with Gasteiger partial charge in [-0.05, 0) is 61.1 Å². The second-order valence-corrected chi connectivity index (χ2v) is 10.7. The number of halogens is 2. The van der Waals surface area contributed by atoms with Gasteiger partial charge in [0.05, 0.1) is 32.5 Å². The molecule has 188 valence electrons.